The lowest BCUT2D eigenvalue weighted by Gasteiger charge is -2.17. The lowest BCUT2D eigenvalue weighted by molar-refractivity contribution is 0.140. The summed E-state index contributed by atoms with van der Waals surface area (Å²) < 4.78 is 11.2. The van der Waals surface area contributed by atoms with E-state index in [0.29, 0.717) is 11.6 Å². The van der Waals surface area contributed by atoms with Crippen LogP contribution in [0.4, 0.5) is 0 Å². The minimum absolute atomic E-state index is 0.0932. The Morgan fingerprint density at radius 3 is 3.06 bits per heavy atom. The van der Waals surface area contributed by atoms with E-state index in [2.05, 4.69) is 0 Å². The number of rotatable bonds is 4. The summed E-state index contributed by atoms with van der Waals surface area (Å²) in [5, 5.41) is 0.648. The molecule has 0 bridgehead atoms. The van der Waals surface area contributed by atoms with Crippen LogP contribution in [-0.4, -0.2) is 25.4 Å². The maximum atomic E-state index is 6.18. The average molecular weight is 256 g/mol. The van der Waals surface area contributed by atoms with Gasteiger partial charge in [-0.2, -0.15) is 0 Å². The molecule has 1 fully saturated rings. The van der Waals surface area contributed by atoms with Crippen LogP contribution in [0.15, 0.2) is 18.2 Å². The smallest absolute Gasteiger partial charge is 0.141 e. The monoisotopic (exact) mass is 255 g/mol. The largest absolute Gasteiger partial charge is 0.486 e. The van der Waals surface area contributed by atoms with Crippen LogP contribution < -0.4 is 10.5 Å². The molecule has 2 N–H and O–H groups in total. The van der Waals surface area contributed by atoms with Crippen LogP contribution in [-0.2, 0) is 11.2 Å². The van der Waals surface area contributed by atoms with E-state index in [1.807, 2.05) is 25.1 Å². The highest BCUT2D eigenvalue weighted by Crippen LogP contribution is 2.31. The molecule has 0 aromatic heterocycles. The molecule has 4 heteroatoms. The molecular formula is C13H18ClNO2. The molecule has 2 unspecified atom stereocenters. The summed E-state index contributed by atoms with van der Waals surface area (Å²) in [5.74, 6) is 0.766. The molecule has 1 heterocycles. The number of nitrogens with two attached hydrogens (primary N) is 1. The first-order chi connectivity index (χ1) is 8.16. The van der Waals surface area contributed by atoms with Crippen molar-refractivity contribution in [2.24, 2.45) is 5.73 Å². The molecule has 2 atom stereocenters. The molecule has 17 heavy (non-hydrogen) atoms. The lowest BCUT2D eigenvalue weighted by atomic mass is 10.1. The van der Waals surface area contributed by atoms with Crippen molar-refractivity contribution in [3.05, 3.63) is 28.8 Å². The van der Waals surface area contributed by atoms with Gasteiger partial charge < -0.3 is 15.2 Å². The topological polar surface area (TPSA) is 44.5 Å². The summed E-state index contributed by atoms with van der Waals surface area (Å²) in [5.41, 5.74) is 6.90. The van der Waals surface area contributed by atoms with Gasteiger partial charge in [-0.05, 0) is 25.0 Å². The van der Waals surface area contributed by atoms with Gasteiger partial charge in [0.25, 0.3) is 0 Å². The molecule has 0 radical (unpaired) electrons. The SMILES string of the molecule is CC(N)Cc1cccc(Cl)c1OC1CCOC1. The first kappa shape index (κ1) is 12.7. The predicted molar refractivity (Wildman–Crippen MR) is 68.7 cm³/mol. The van der Waals surface area contributed by atoms with Crippen molar-refractivity contribution in [3.8, 4) is 5.75 Å². The zero-order valence-electron chi connectivity index (χ0n) is 9.99. The predicted octanol–water partition coefficient (Wildman–Crippen LogP) is 2.40. The molecule has 2 rings (SSSR count). The van der Waals surface area contributed by atoms with Crippen LogP contribution in [0.5, 0.6) is 5.75 Å². The van der Waals surface area contributed by atoms with Gasteiger partial charge >= 0.3 is 0 Å². The highest BCUT2D eigenvalue weighted by atomic mass is 35.5. The van der Waals surface area contributed by atoms with E-state index < -0.39 is 0 Å². The standard InChI is InChI=1S/C13H18ClNO2/c1-9(15)7-10-3-2-4-12(14)13(10)17-11-5-6-16-8-11/h2-4,9,11H,5-8,15H2,1H3. The van der Waals surface area contributed by atoms with Gasteiger partial charge in [0.2, 0.25) is 0 Å². The van der Waals surface area contributed by atoms with Crippen LogP contribution in [0.3, 0.4) is 0 Å². The quantitative estimate of drug-likeness (QED) is 0.899. The third-order valence-corrected chi connectivity index (χ3v) is 3.06. The number of halogens is 1. The van der Waals surface area contributed by atoms with Crippen molar-refractivity contribution >= 4 is 11.6 Å². The molecule has 1 aliphatic heterocycles. The fourth-order valence-electron chi connectivity index (χ4n) is 1.97. The molecule has 0 spiro atoms. The molecular weight excluding hydrogens is 238 g/mol. The van der Waals surface area contributed by atoms with E-state index in [9.17, 15) is 0 Å². The van der Waals surface area contributed by atoms with Crippen LogP contribution in [0, 0.1) is 0 Å². The van der Waals surface area contributed by atoms with E-state index in [1.54, 1.807) is 0 Å². The van der Waals surface area contributed by atoms with E-state index >= 15 is 0 Å². The van der Waals surface area contributed by atoms with Crippen molar-refractivity contribution in [2.45, 2.75) is 31.9 Å². The van der Waals surface area contributed by atoms with Gasteiger partial charge in [0.15, 0.2) is 0 Å². The number of ether oxygens (including phenoxy) is 2. The third kappa shape index (κ3) is 3.35. The highest BCUT2D eigenvalue weighted by molar-refractivity contribution is 6.32. The zero-order chi connectivity index (χ0) is 12.3. The van der Waals surface area contributed by atoms with Gasteiger partial charge in [0, 0.05) is 12.5 Å². The Hall–Kier alpha value is -0.770. The molecule has 1 saturated heterocycles. The van der Waals surface area contributed by atoms with Gasteiger partial charge in [-0.3, -0.25) is 0 Å². The maximum Gasteiger partial charge on any atom is 0.141 e. The van der Waals surface area contributed by atoms with Crippen molar-refractivity contribution in [3.63, 3.8) is 0 Å². The van der Waals surface area contributed by atoms with Crippen molar-refractivity contribution in [1.29, 1.82) is 0 Å². The minimum Gasteiger partial charge on any atom is -0.486 e. The number of hydrogen-bond acceptors (Lipinski definition) is 3. The Kier molecular flexibility index (Phi) is 4.26. The van der Waals surface area contributed by atoms with Gasteiger partial charge in [0.1, 0.15) is 11.9 Å². The fraction of sp³-hybridized carbons (Fsp3) is 0.538. The Morgan fingerprint density at radius 1 is 1.59 bits per heavy atom. The number of benzene rings is 1. The first-order valence-corrected chi connectivity index (χ1v) is 6.32. The van der Waals surface area contributed by atoms with Crippen LogP contribution in [0.1, 0.15) is 18.9 Å². The molecule has 1 aromatic carbocycles. The summed E-state index contributed by atoms with van der Waals surface area (Å²) in [4.78, 5) is 0. The van der Waals surface area contributed by atoms with E-state index in [1.165, 1.54) is 0 Å². The molecule has 1 aromatic rings. The number of hydrogen-bond donors (Lipinski definition) is 1. The van der Waals surface area contributed by atoms with Crippen molar-refractivity contribution in [1.82, 2.24) is 0 Å². The van der Waals surface area contributed by atoms with E-state index in [0.717, 1.165) is 30.8 Å². The van der Waals surface area contributed by atoms with Crippen LogP contribution in [0.25, 0.3) is 0 Å². The van der Waals surface area contributed by atoms with E-state index in [-0.39, 0.29) is 12.1 Å². The Bertz CT molecular complexity index is 376. The second-order valence-corrected chi connectivity index (χ2v) is 4.92. The first-order valence-electron chi connectivity index (χ1n) is 5.94. The molecule has 94 valence electrons. The van der Waals surface area contributed by atoms with Crippen LogP contribution in [0.2, 0.25) is 5.02 Å². The van der Waals surface area contributed by atoms with E-state index in [4.69, 9.17) is 26.8 Å². The summed E-state index contributed by atoms with van der Waals surface area (Å²) in [7, 11) is 0. The lowest BCUT2D eigenvalue weighted by Crippen LogP contribution is -2.21. The maximum absolute atomic E-state index is 6.18. The Balaban J connectivity index is 2.17. The van der Waals surface area contributed by atoms with Gasteiger partial charge in [-0.1, -0.05) is 23.7 Å². The summed E-state index contributed by atoms with van der Waals surface area (Å²) in [6.45, 7) is 3.38. The van der Waals surface area contributed by atoms with Crippen LogP contribution >= 0.6 is 11.6 Å². The summed E-state index contributed by atoms with van der Waals surface area (Å²) in [6, 6.07) is 5.88. The van der Waals surface area contributed by atoms with Gasteiger partial charge in [-0.15, -0.1) is 0 Å². The van der Waals surface area contributed by atoms with Crippen molar-refractivity contribution < 1.29 is 9.47 Å². The molecule has 0 amide bonds. The van der Waals surface area contributed by atoms with Gasteiger partial charge in [-0.25, -0.2) is 0 Å². The molecule has 1 aliphatic rings. The van der Waals surface area contributed by atoms with Crippen molar-refractivity contribution in [2.75, 3.05) is 13.2 Å². The van der Waals surface area contributed by atoms with Gasteiger partial charge in [0.05, 0.1) is 18.2 Å². The fourth-order valence-corrected chi connectivity index (χ4v) is 2.20. The molecule has 3 nitrogen and oxygen atoms in total. The summed E-state index contributed by atoms with van der Waals surface area (Å²) >= 11 is 6.18. The second-order valence-electron chi connectivity index (χ2n) is 4.51. The Morgan fingerprint density at radius 2 is 2.41 bits per heavy atom. The highest BCUT2D eigenvalue weighted by Gasteiger charge is 2.20. The second kappa shape index (κ2) is 5.71. The Labute approximate surface area is 107 Å². The normalized spacial score (nSPS) is 21.5. The molecule has 0 aliphatic carbocycles. The summed E-state index contributed by atoms with van der Waals surface area (Å²) in [6.07, 6.45) is 1.80. The zero-order valence-corrected chi connectivity index (χ0v) is 10.7. The molecule has 0 saturated carbocycles. The number of para-hydroxylation sites is 1. The minimum atomic E-state index is 0.0932. The average Bonchev–Trinajstić information content (AvgIpc) is 2.75. The third-order valence-electron chi connectivity index (χ3n) is 2.76.